The number of H-pyrrole nitrogens is 1. The lowest BCUT2D eigenvalue weighted by Gasteiger charge is -2.36. The summed E-state index contributed by atoms with van der Waals surface area (Å²) in [4.78, 5) is 37.9. The summed E-state index contributed by atoms with van der Waals surface area (Å²) < 4.78 is 0. The van der Waals surface area contributed by atoms with Gasteiger partial charge in [-0.05, 0) is 31.4 Å². The van der Waals surface area contributed by atoms with Gasteiger partial charge in [0.05, 0.1) is 29.2 Å². The van der Waals surface area contributed by atoms with Crippen LogP contribution >= 0.6 is 11.6 Å². The smallest absolute Gasteiger partial charge is 0.246 e. The van der Waals surface area contributed by atoms with Gasteiger partial charge in [-0.3, -0.25) is 4.79 Å². The van der Waals surface area contributed by atoms with E-state index in [2.05, 4.69) is 42.8 Å². The van der Waals surface area contributed by atoms with Crippen molar-refractivity contribution < 1.29 is 4.79 Å². The minimum atomic E-state index is -0.0666. The average Bonchev–Trinajstić information content (AvgIpc) is 3.37. The molecule has 6 rings (SSSR count). The summed E-state index contributed by atoms with van der Waals surface area (Å²) in [5.41, 5.74) is 4.72. The van der Waals surface area contributed by atoms with E-state index in [-0.39, 0.29) is 11.9 Å². The largest absolute Gasteiger partial charge is 0.360 e. The monoisotopic (exact) mass is 514 g/mol. The fourth-order valence-corrected chi connectivity index (χ4v) is 5.48. The van der Waals surface area contributed by atoms with Crippen LogP contribution in [-0.2, 0) is 17.8 Å². The summed E-state index contributed by atoms with van der Waals surface area (Å²) in [5, 5.41) is 5.11. The molecule has 0 aliphatic carbocycles. The maximum Gasteiger partial charge on any atom is 0.246 e. The van der Waals surface area contributed by atoms with E-state index in [4.69, 9.17) is 16.6 Å². The SMILES string of the molecule is C=CC(=O)N1CCc2c(ncnc2N2CCC[C@@H](Nc3ncc(Cl)c(-c4c[nH]c5ccccc45)n3)C2)C1. The number of halogens is 1. The number of carbonyl (C=O) groups is 1. The number of anilines is 2. The first-order valence-electron chi connectivity index (χ1n) is 12.5. The topological polar surface area (TPSA) is 103 Å². The molecule has 4 aromatic rings. The number of fused-ring (bicyclic) bond motifs is 2. The van der Waals surface area contributed by atoms with Crippen molar-refractivity contribution in [3.63, 3.8) is 0 Å². The van der Waals surface area contributed by atoms with E-state index in [0.29, 0.717) is 29.8 Å². The average molecular weight is 515 g/mol. The number of piperidine rings is 1. The Morgan fingerprint density at radius 2 is 2.11 bits per heavy atom. The van der Waals surface area contributed by atoms with Gasteiger partial charge in [0.2, 0.25) is 11.9 Å². The molecular formula is C27H27ClN8O. The molecule has 1 fully saturated rings. The number of hydrogen-bond donors (Lipinski definition) is 2. The Bertz CT molecular complexity index is 1480. The van der Waals surface area contributed by atoms with Crippen LogP contribution in [0.1, 0.15) is 24.1 Å². The van der Waals surface area contributed by atoms with Gasteiger partial charge in [0, 0.05) is 53.9 Å². The number of carbonyl (C=O) groups excluding carboxylic acids is 1. The maximum atomic E-state index is 12.1. The van der Waals surface area contributed by atoms with Crippen molar-refractivity contribution in [2.45, 2.75) is 31.8 Å². The van der Waals surface area contributed by atoms with Gasteiger partial charge in [-0.25, -0.2) is 19.9 Å². The summed E-state index contributed by atoms with van der Waals surface area (Å²) in [6, 6.07) is 8.24. The van der Waals surface area contributed by atoms with Crippen LogP contribution in [0.4, 0.5) is 11.8 Å². The maximum absolute atomic E-state index is 12.1. The van der Waals surface area contributed by atoms with E-state index in [9.17, 15) is 4.79 Å². The van der Waals surface area contributed by atoms with Crippen molar-refractivity contribution in [1.29, 1.82) is 0 Å². The molecule has 1 aromatic carbocycles. The molecule has 1 atom stereocenters. The van der Waals surface area contributed by atoms with Gasteiger partial charge in [0.15, 0.2) is 0 Å². The third-order valence-corrected chi connectivity index (χ3v) is 7.39. The van der Waals surface area contributed by atoms with Gasteiger partial charge >= 0.3 is 0 Å². The van der Waals surface area contributed by atoms with Gasteiger partial charge in [-0.2, -0.15) is 0 Å². The van der Waals surface area contributed by atoms with E-state index in [1.165, 1.54) is 6.08 Å². The Kier molecular flexibility index (Phi) is 6.21. The lowest BCUT2D eigenvalue weighted by molar-refractivity contribution is -0.126. The third kappa shape index (κ3) is 4.51. The van der Waals surface area contributed by atoms with Crippen LogP contribution in [0.5, 0.6) is 0 Å². The quantitative estimate of drug-likeness (QED) is 0.384. The number of hydrogen-bond acceptors (Lipinski definition) is 7. The molecule has 0 bridgehead atoms. The number of benzene rings is 1. The number of nitrogens with zero attached hydrogens (tertiary/aromatic N) is 6. The normalized spacial score (nSPS) is 17.5. The summed E-state index contributed by atoms with van der Waals surface area (Å²) in [5.74, 6) is 1.45. The van der Waals surface area contributed by atoms with E-state index in [0.717, 1.165) is 65.9 Å². The highest BCUT2D eigenvalue weighted by molar-refractivity contribution is 6.33. The van der Waals surface area contributed by atoms with Crippen LogP contribution in [-0.4, -0.2) is 61.4 Å². The molecule has 1 saturated heterocycles. The van der Waals surface area contributed by atoms with Crippen LogP contribution in [0, 0.1) is 0 Å². The second kappa shape index (κ2) is 9.82. The number of amides is 1. The molecule has 10 heteroatoms. The Balaban J connectivity index is 1.21. The molecule has 2 N–H and O–H groups in total. The molecule has 3 aromatic heterocycles. The molecule has 9 nitrogen and oxygen atoms in total. The van der Waals surface area contributed by atoms with E-state index in [1.807, 2.05) is 24.4 Å². The van der Waals surface area contributed by atoms with E-state index < -0.39 is 0 Å². The Hall–Kier alpha value is -3.98. The summed E-state index contributed by atoms with van der Waals surface area (Å²) >= 11 is 6.52. The standard InChI is InChI=1S/C27H27ClN8O/c1-2-24(37)35-11-9-19-23(15-35)31-16-32-26(19)36-10-5-6-17(14-36)33-27-30-13-21(28)25(34-27)20-12-29-22-8-4-3-7-18(20)22/h2-4,7-8,12-13,16-17,29H,1,5-6,9-11,14-15H2,(H,30,33,34)/t17-/m1/s1. The molecule has 1 amide bonds. The zero-order chi connectivity index (χ0) is 25.4. The zero-order valence-electron chi connectivity index (χ0n) is 20.3. The minimum absolute atomic E-state index is 0.0666. The van der Waals surface area contributed by atoms with Gasteiger partial charge in [0.25, 0.3) is 0 Å². The molecule has 2 aliphatic rings. The molecule has 0 spiro atoms. The summed E-state index contributed by atoms with van der Waals surface area (Å²) in [6.07, 6.45) is 9.30. The molecule has 0 saturated carbocycles. The summed E-state index contributed by atoms with van der Waals surface area (Å²) in [7, 11) is 0. The van der Waals surface area contributed by atoms with Crippen LogP contribution in [0.15, 0.2) is 55.6 Å². The highest BCUT2D eigenvalue weighted by atomic mass is 35.5. The predicted octanol–water partition coefficient (Wildman–Crippen LogP) is 4.22. The van der Waals surface area contributed by atoms with Crippen LogP contribution < -0.4 is 10.2 Å². The fraction of sp³-hybridized carbons (Fsp3) is 0.296. The number of aromatic nitrogens is 5. The lowest BCUT2D eigenvalue weighted by atomic mass is 10.0. The van der Waals surface area contributed by atoms with Crippen molar-refractivity contribution >= 4 is 40.2 Å². The molecule has 0 radical (unpaired) electrons. The van der Waals surface area contributed by atoms with Crippen LogP contribution in [0.3, 0.4) is 0 Å². The van der Waals surface area contributed by atoms with E-state index >= 15 is 0 Å². The lowest BCUT2D eigenvalue weighted by Crippen LogP contribution is -2.44. The van der Waals surface area contributed by atoms with Crippen LogP contribution in [0.25, 0.3) is 22.2 Å². The third-order valence-electron chi connectivity index (χ3n) is 7.11. The second-order valence-electron chi connectivity index (χ2n) is 9.40. The number of nitrogens with one attached hydrogen (secondary N) is 2. The van der Waals surface area contributed by atoms with Crippen molar-refractivity contribution in [1.82, 2.24) is 29.8 Å². The van der Waals surface area contributed by atoms with Gasteiger partial charge in [0.1, 0.15) is 12.1 Å². The molecule has 5 heterocycles. The van der Waals surface area contributed by atoms with Crippen molar-refractivity contribution in [3.05, 3.63) is 71.9 Å². The molecule has 2 aliphatic heterocycles. The highest BCUT2D eigenvalue weighted by Crippen LogP contribution is 2.33. The summed E-state index contributed by atoms with van der Waals surface area (Å²) in [6.45, 7) is 6.42. The number of para-hydroxylation sites is 1. The minimum Gasteiger partial charge on any atom is -0.360 e. The Morgan fingerprint density at radius 3 is 3.00 bits per heavy atom. The zero-order valence-corrected chi connectivity index (χ0v) is 21.1. The molecular weight excluding hydrogens is 488 g/mol. The van der Waals surface area contributed by atoms with Crippen molar-refractivity contribution in [2.24, 2.45) is 0 Å². The molecule has 37 heavy (non-hydrogen) atoms. The number of aromatic amines is 1. The first-order valence-corrected chi connectivity index (χ1v) is 12.8. The van der Waals surface area contributed by atoms with Gasteiger partial charge in [-0.15, -0.1) is 0 Å². The second-order valence-corrected chi connectivity index (χ2v) is 9.81. The predicted molar refractivity (Wildman–Crippen MR) is 145 cm³/mol. The van der Waals surface area contributed by atoms with Crippen molar-refractivity contribution in [2.75, 3.05) is 29.9 Å². The first-order chi connectivity index (χ1) is 18.1. The Labute approximate surface area is 219 Å². The van der Waals surface area contributed by atoms with Crippen LogP contribution in [0.2, 0.25) is 5.02 Å². The Morgan fingerprint density at radius 1 is 1.22 bits per heavy atom. The van der Waals surface area contributed by atoms with E-state index in [1.54, 1.807) is 17.4 Å². The highest BCUT2D eigenvalue weighted by Gasteiger charge is 2.28. The molecule has 188 valence electrons. The van der Waals surface area contributed by atoms with Gasteiger partial charge < -0.3 is 20.1 Å². The number of rotatable bonds is 5. The first kappa shape index (κ1) is 23.4. The fourth-order valence-electron chi connectivity index (χ4n) is 5.29. The van der Waals surface area contributed by atoms with Gasteiger partial charge in [-0.1, -0.05) is 36.4 Å². The molecule has 0 unspecified atom stereocenters. The van der Waals surface area contributed by atoms with Crippen molar-refractivity contribution in [3.8, 4) is 11.3 Å².